The standard InChI is InChI=1S/C9H13ClN6S/c1-5-6(7(10)16(3)14-5)4-17-9-13-12-8(11)15(9)2/h4H2,1-3H3,(H2,11,12). The van der Waals surface area contributed by atoms with Gasteiger partial charge in [0.25, 0.3) is 0 Å². The first-order chi connectivity index (χ1) is 8.00. The van der Waals surface area contributed by atoms with E-state index in [2.05, 4.69) is 15.3 Å². The van der Waals surface area contributed by atoms with Crippen molar-refractivity contribution in [3.63, 3.8) is 0 Å². The highest BCUT2D eigenvalue weighted by Crippen LogP contribution is 2.27. The number of rotatable bonds is 3. The maximum Gasteiger partial charge on any atom is 0.222 e. The van der Waals surface area contributed by atoms with Crippen LogP contribution >= 0.6 is 23.4 Å². The van der Waals surface area contributed by atoms with E-state index in [1.165, 1.54) is 11.8 Å². The molecule has 0 aliphatic rings. The second-order valence-electron chi connectivity index (χ2n) is 3.67. The number of aromatic nitrogens is 5. The Kier molecular flexibility index (Phi) is 3.30. The van der Waals surface area contributed by atoms with Crippen molar-refractivity contribution < 1.29 is 0 Å². The van der Waals surface area contributed by atoms with Crippen molar-refractivity contribution in [3.8, 4) is 0 Å². The molecule has 2 heterocycles. The van der Waals surface area contributed by atoms with Crippen LogP contribution in [0.4, 0.5) is 5.95 Å². The maximum absolute atomic E-state index is 6.14. The minimum Gasteiger partial charge on any atom is -0.368 e. The van der Waals surface area contributed by atoms with Crippen LogP contribution in [0.1, 0.15) is 11.3 Å². The zero-order valence-electron chi connectivity index (χ0n) is 9.81. The van der Waals surface area contributed by atoms with Gasteiger partial charge in [-0.1, -0.05) is 23.4 Å². The number of nitrogens with zero attached hydrogens (tertiary/aromatic N) is 5. The molecule has 2 aromatic heterocycles. The van der Waals surface area contributed by atoms with Gasteiger partial charge in [-0.15, -0.1) is 10.2 Å². The first kappa shape index (κ1) is 12.3. The molecular weight excluding hydrogens is 260 g/mol. The van der Waals surface area contributed by atoms with Crippen LogP contribution in [0.5, 0.6) is 0 Å². The Morgan fingerprint density at radius 1 is 1.35 bits per heavy atom. The lowest BCUT2D eigenvalue weighted by Gasteiger charge is -2.01. The van der Waals surface area contributed by atoms with Crippen molar-refractivity contribution in [1.82, 2.24) is 24.5 Å². The number of nitrogens with two attached hydrogens (primary N) is 1. The van der Waals surface area contributed by atoms with Crippen LogP contribution in [-0.4, -0.2) is 24.5 Å². The molecular formula is C9H13ClN6S. The van der Waals surface area contributed by atoms with Crippen molar-refractivity contribution >= 4 is 29.3 Å². The summed E-state index contributed by atoms with van der Waals surface area (Å²) in [6.45, 7) is 1.94. The third-order valence-corrected chi connectivity index (χ3v) is 4.00. The topological polar surface area (TPSA) is 74.6 Å². The van der Waals surface area contributed by atoms with E-state index in [9.17, 15) is 0 Å². The molecule has 2 aromatic rings. The second-order valence-corrected chi connectivity index (χ2v) is 4.97. The third kappa shape index (κ3) is 2.25. The Morgan fingerprint density at radius 3 is 2.53 bits per heavy atom. The van der Waals surface area contributed by atoms with Gasteiger partial charge in [0.05, 0.1) is 5.69 Å². The highest BCUT2D eigenvalue weighted by atomic mass is 35.5. The van der Waals surface area contributed by atoms with E-state index >= 15 is 0 Å². The summed E-state index contributed by atoms with van der Waals surface area (Å²) in [4.78, 5) is 0. The lowest BCUT2D eigenvalue weighted by molar-refractivity contribution is 0.757. The molecule has 92 valence electrons. The summed E-state index contributed by atoms with van der Waals surface area (Å²) in [5, 5.41) is 13.4. The van der Waals surface area contributed by atoms with Gasteiger partial charge >= 0.3 is 0 Å². The molecule has 0 bridgehead atoms. The van der Waals surface area contributed by atoms with Crippen molar-refractivity contribution in [2.45, 2.75) is 17.8 Å². The first-order valence-corrected chi connectivity index (χ1v) is 6.32. The Bertz CT molecular complexity index is 546. The van der Waals surface area contributed by atoms with Gasteiger partial charge in [-0.3, -0.25) is 9.25 Å². The lowest BCUT2D eigenvalue weighted by atomic mass is 10.3. The molecule has 2 rings (SSSR count). The molecule has 0 amide bonds. The molecule has 0 radical (unpaired) electrons. The molecule has 0 fully saturated rings. The van der Waals surface area contributed by atoms with Gasteiger partial charge in [-0.25, -0.2) is 0 Å². The van der Waals surface area contributed by atoms with Crippen molar-refractivity contribution in [2.75, 3.05) is 5.73 Å². The number of hydrogen-bond acceptors (Lipinski definition) is 5. The van der Waals surface area contributed by atoms with Crippen molar-refractivity contribution in [2.24, 2.45) is 14.1 Å². The molecule has 0 spiro atoms. The van der Waals surface area contributed by atoms with Gasteiger partial charge in [0.2, 0.25) is 5.95 Å². The SMILES string of the molecule is Cc1nn(C)c(Cl)c1CSc1nnc(N)n1C. The Hall–Kier alpha value is -1.21. The molecule has 6 nitrogen and oxygen atoms in total. The number of halogens is 1. The highest BCUT2D eigenvalue weighted by Gasteiger charge is 2.13. The molecule has 0 atom stereocenters. The third-order valence-electron chi connectivity index (χ3n) is 2.48. The summed E-state index contributed by atoms with van der Waals surface area (Å²) < 4.78 is 3.40. The minimum atomic E-state index is 0.404. The van der Waals surface area contributed by atoms with Crippen molar-refractivity contribution in [1.29, 1.82) is 0 Å². The van der Waals surface area contributed by atoms with Gasteiger partial charge in [-0.2, -0.15) is 5.10 Å². The molecule has 8 heteroatoms. The van der Waals surface area contributed by atoms with Gasteiger partial charge in [0.15, 0.2) is 5.16 Å². The summed E-state index contributed by atoms with van der Waals surface area (Å²) >= 11 is 7.68. The van der Waals surface area contributed by atoms with E-state index in [1.54, 1.807) is 9.25 Å². The fourth-order valence-corrected chi connectivity index (χ4v) is 2.75. The van der Waals surface area contributed by atoms with Crippen LogP contribution < -0.4 is 5.73 Å². The van der Waals surface area contributed by atoms with E-state index in [1.807, 2.05) is 21.0 Å². The summed E-state index contributed by atoms with van der Waals surface area (Å²) in [6, 6.07) is 0. The Morgan fingerprint density at radius 2 is 2.06 bits per heavy atom. The fraction of sp³-hybridized carbons (Fsp3) is 0.444. The van der Waals surface area contributed by atoms with E-state index < -0.39 is 0 Å². The number of anilines is 1. The van der Waals surface area contributed by atoms with E-state index in [-0.39, 0.29) is 0 Å². The molecule has 0 aliphatic heterocycles. The number of hydrogen-bond donors (Lipinski definition) is 1. The molecule has 0 unspecified atom stereocenters. The van der Waals surface area contributed by atoms with Crippen LogP contribution in [-0.2, 0) is 19.8 Å². The summed E-state index contributed by atoms with van der Waals surface area (Å²) in [5.74, 6) is 1.10. The molecule has 0 saturated heterocycles. The first-order valence-electron chi connectivity index (χ1n) is 4.96. The fourth-order valence-electron chi connectivity index (χ4n) is 1.43. The van der Waals surface area contributed by atoms with Crippen LogP contribution in [0.3, 0.4) is 0 Å². The minimum absolute atomic E-state index is 0.404. The zero-order valence-corrected chi connectivity index (χ0v) is 11.4. The zero-order chi connectivity index (χ0) is 12.6. The van der Waals surface area contributed by atoms with Crippen LogP contribution in [0.2, 0.25) is 5.15 Å². The summed E-state index contributed by atoms with van der Waals surface area (Å²) in [5.41, 5.74) is 7.55. The second kappa shape index (κ2) is 4.58. The van der Waals surface area contributed by atoms with E-state index in [0.29, 0.717) is 16.9 Å². The molecule has 2 N–H and O–H groups in total. The van der Waals surface area contributed by atoms with Crippen LogP contribution in [0.15, 0.2) is 5.16 Å². The molecule has 17 heavy (non-hydrogen) atoms. The average molecular weight is 273 g/mol. The predicted molar refractivity (Wildman–Crippen MR) is 67.9 cm³/mol. The van der Waals surface area contributed by atoms with Gasteiger partial charge in [0.1, 0.15) is 5.15 Å². The number of aryl methyl sites for hydroxylation is 2. The van der Waals surface area contributed by atoms with Crippen molar-refractivity contribution in [3.05, 3.63) is 16.4 Å². The van der Waals surface area contributed by atoms with Crippen LogP contribution in [0, 0.1) is 6.92 Å². The molecule has 0 saturated carbocycles. The molecule has 0 aliphatic carbocycles. The normalized spacial score (nSPS) is 11.1. The average Bonchev–Trinajstić information content (AvgIpc) is 2.71. The summed E-state index contributed by atoms with van der Waals surface area (Å²) in [6.07, 6.45) is 0. The Balaban J connectivity index is 2.15. The van der Waals surface area contributed by atoms with Gasteiger partial charge in [-0.05, 0) is 6.92 Å². The maximum atomic E-state index is 6.14. The largest absolute Gasteiger partial charge is 0.368 e. The molecule has 0 aromatic carbocycles. The smallest absolute Gasteiger partial charge is 0.222 e. The monoisotopic (exact) mass is 272 g/mol. The Labute approximate surface area is 108 Å². The highest BCUT2D eigenvalue weighted by molar-refractivity contribution is 7.98. The lowest BCUT2D eigenvalue weighted by Crippen LogP contribution is -1.98. The van der Waals surface area contributed by atoms with E-state index in [0.717, 1.165) is 16.4 Å². The van der Waals surface area contributed by atoms with Gasteiger partial charge < -0.3 is 5.73 Å². The number of nitrogen functional groups attached to an aromatic ring is 1. The summed E-state index contributed by atoms with van der Waals surface area (Å²) in [7, 11) is 3.65. The number of thioether (sulfide) groups is 1. The quantitative estimate of drug-likeness (QED) is 0.855. The van der Waals surface area contributed by atoms with Gasteiger partial charge in [0, 0.05) is 25.4 Å². The predicted octanol–water partition coefficient (Wildman–Crippen LogP) is 1.38. The van der Waals surface area contributed by atoms with E-state index in [4.69, 9.17) is 17.3 Å². The van der Waals surface area contributed by atoms with Crippen LogP contribution in [0.25, 0.3) is 0 Å².